The van der Waals surface area contributed by atoms with Crippen LogP contribution < -0.4 is 0 Å². The van der Waals surface area contributed by atoms with Crippen LogP contribution in [0.2, 0.25) is 0 Å². The monoisotopic (exact) mass is 449 g/mol. The Kier molecular flexibility index (Phi) is 5.46. The lowest BCUT2D eigenvalue weighted by atomic mass is 9.91. The standard InChI is InChI=1S/C26H28FN3OS/c1-26(2,3)32(31)29-25-19-6-7-20(25)14-21-13-18(5-4-17(21)12-19)24-15-30(16-28-24)23-10-8-22(27)9-11-23/h4-5,8-11,13,15-16,19-20H,6-7,12,14H2,1-3H3/b29-25-/t19?,20-,32?/m1/s1. The van der Waals surface area contributed by atoms with Gasteiger partial charge in [-0.15, -0.1) is 0 Å². The molecule has 32 heavy (non-hydrogen) atoms. The molecule has 2 aliphatic rings. The van der Waals surface area contributed by atoms with E-state index in [4.69, 9.17) is 4.40 Å². The van der Waals surface area contributed by atoms with Gasteiger partial charge in [-0.1, -0.05) is 16.5 Å². The van der Waals surface area contributed by atoms with E-state index in [2.05, 4.69) is 23.2 Å². The van der Waals surface area contributed by atoms with E-state index in [1.165, 1.54) is 23.3 Å². The van der Waals surface area contributed by atoms with Gasteiger partial charge in [0.05, 0.1) is 17.7 Å². The van der Waals surface area contributed by atoms with Gasteiger partial charge in [-0.3, -0.25) is 0 Å². The summed E-state index contributed by atoms with van der Waals surface area (Å²) >= 11 is -1.21. The van der Waals surface area contributed by atoms with Crippen LogP contribution in [0.1, 0.15) is 44.7 Å². The molecule has 3 aromatic rings. The van der Waals surface area contributed by atoms with E-state index in [-0.39, 0.29) is 10.6 Å². The van der Waals surface area contributed by atoms with Crippen LogP contribution in [0.5, 0.6) is 0 Å². The van der Waals surface area contributed by atoms with Crippen molar-refractivity contribution < 1.29 is 8.94 Å². The molecule has 0 aliphatic heterocycles. The predicted octanol–water partition coefficient (Wildman–Crippen LogP) is 5.71. The number of halogens is 1. The minimum absolute atomic E-state index is 0.247. The van der Waals surface area contributed by atoms with Crippen molar-refractivity contribution >= 4 is 17.1 Å². The van der Waals surface area contributed by atoms with Gasteiger partial charge in [0.2, 0.25) is 0 Å². The number of hydrogen-bond donors (Lipinski definition) is 0. The van der Waals surface area contributed by atoms with Gasteiger partial charge in [0, 0.05) is 29.3 Å². The highest BCUT2D eigenvalue weighted by Gasteiger charge is 2.39. The van der Waals surface area contributed by atoms with Crippen molar-refractivity contribution in [2.45, 2.75) is 51.2 Å². The van der Waals surface area contributed by atoms with E-state index in [1.54, 1.807) is 18.5 Å². The highest BCUT2D eigenvalue weighted by molar-refractivity contribution is 7.91. The SMILES string of the molecule is CC(C)(C)[S+]([O-])/N=C1/C2CC[C@@H]1Cc1cc(-c3cn(-c4ccc(F)cc4)cn3)ccc1C2. The average molecular weight is 450 g/mol. The van der Waals surface area contributed by atoms with Crippen LogP contribution in [0, 0.1) is 17.7 Å². The molecule has 2 aliphatic carbocycles. The lowest BCUT2D eigenvalue weighted by Gasteiger charge is -2.20. The van der Waals surface area contributed by atoms with Gasteiger partial charge in [-0.2, -0.15) is 0 Å². The van der Waals surface area contributed by atoms with Crippen molar-refractivity contribution in [1.82, 2.24) is 9.55 Å². The Bertz CT molecular complexity index is 1160. The van der Waals surface area contributed by atoms with E-state index in [9.17, 15) is 8.94 Å². The minimum Gasteiger partial charge on any atom is -0.591 e. The zero-order valence-electron chi connectivity index (χ0n) is 18.7. The summed E-state index contributed by atoms with van der Waals surface area (Å²) < 4.78 is 32.3. The van der Waals surface area contributed by atoms with Gasteiger partial charge in [-0.05, 0) is 87.9 Å². The van der Waals surface area contributed by atoms with Crippen LogP contribution in [0.25, 0.3) is 16.9 Å². The molecule has 166 valence electrons. The van der Waals surface area contributed by atoms with Crippen molar-refractivity contribution in [3.05, 3.63) is 71.9 Å². The van der Waals surface area contributed by atoms with Gasteiger partial charge >= 0.3 is 0 Å². The van der Waals surface area contributed by atoms with Crippen LogP contribution in [0.15, 0.2) is 59.4 Å². The first-order chi connectivity index (χ1) is 15.3. The van der Waals surface area contributed by atoms with Crippen LogP contribution >= 0.6 is 0 Å². The molecule has 3 atom stereocenters. The molecular weight excluding hydrogens is 421 g/mol. The zero-order valence-corrected chi connectivity index (χ0v) is 19.5. The summed E-state index contributed by atoms with van der Waals surface area (Å²) in [5.74, 6) is 0.527. The molecule has 6 heteroatoms. The maximum atomic E-state index is 13.2. The zero-order chi connectivity index (χ0) is 22.5. The number of imidazole rings is 1. The molecule has 1 saturated carbocycles. The van der Waals surface area contributed by atoms with E-state index in [1.807, 2.05) is 31.5 Å². The first-order valence-electron chi connectivity index (χ1n) is 11.2. The van der Waals surface area contributed by atoms with E-state index in [0.717, 1.165) is 48.3 Å². The highest BCUT2D eigenvalue weighted by Crippen LogP contribution is 2.40. The lowest BCUT2D eigenvalue weighted by Crippen LogP contribution is -2.28. The molecule has 2 unspecified atom stereocenters. The van der Waals surface area contributed by atoms with Crippen molar-refractivity contribution in [3.63, 3.8) is 0 Å². The van der Waals surface area contributed by atoms with E-state index < -0.39 is 11.4 Å². The molecule has 1 fully saturated rings. The molecule has 0 spiro atoms. The second-order valence-corrected chi connectivity index (χ2v) is 11.8. The van der Waals surface area contributed by atoms with Crippen molar-refractivity contribution in [3.8, 4) is 16.9 Å². The van der Waals surface area contributed by atoms with Gasteiger partial charge in [0.15, 0.2) is 0 Å². The quantitative estimate of drug-likeness (QED) is 0.481. The van der Waals surface area contributed by atoms with E-state index in [0.29, 0.717) is 11.8 Å². The molecule has 0 N–H and O–H groups in total. The third-order valence-electron chi connectivity index (χ3n) is 6.55. The molecule has 0 radical (unpaired) electrons. The summed E-state index contributed by atoms with van der Waals surface area (Å²) in [6.45, 7) is 5.95. The normalized spacial score (nSPS) is 22.6. The van der Waals surface area contributed by atoms with Gasteiger partial charge in [-0.25, -0.2) is 9.37 Å². The first-order valence-corrected chi connectivity index (χ1v) is 12.3. The summed E-state index contributed by atoms with van der Waals surface area (Å²) in [6.07, 6.45) is 7.91. The van der Waals surface area contributed by atoms with Crippen molar-refractivity contribution in [1.29, 1.82) is 0 Å². The lowest BCUT2D eigenvalue weighted by molar-refractivity contribution is 0.560. The number of hydrogen-bond acceptors (Lipinski definition) is 3. The summed E-state index contributed by atoms with van der Waals surface area (Å²) in [7, 11) is 0. The predicted molar refractivity (Wildman–Crippen MR) is 128 cm³/mol. The molecule has 0 amide bonds. The Morgan fingerprint density at radius 2 is 1.72 bits per heavy atom. The van der Waals surface area contributed by atoms with E-state index >= 15 is 0 Å². The summed E-state index contributed by atoms with van der Waals surface area (Å²) in [5, 5.41) is 0. The Hall–Kier alpha value is -2.44. The molecule has 2 aromatic carbocycles. The fourth-order valence-electron chi connectivity index (χ4n) is 4.76. The highest BCUT2D eigenvalue weighted by atomic mass is 32.2. The van der Waals surface area contributed by atoms with Crippen LogP contribution in [-0.4, -0.2) is 24.6 Å². The van der Waals surface area contributed by atoms with Crippen LogP contribution in [0.3, 0.4) is 0 Å². The Morgan fingerprint density at radius 1 is 1.03 bits per heavy atom. The smallest absolute Gasteiger partial charge is 0.144 e. The number of aromatic nitrogens is 2. The number of nitrogens with zero attached hydrogens (tertiary/aromatic N) is 3. The molecule has 1 aromatic heterocycles. The third-order valence-corrected chi connectivity index (χ3v) is 7.98. The Balaban J connectivity index is 1.42. The number of benzene rings is 2. The molecule has 0 saturated heterocycles. The fourth-order valence-corrected chi connectivity index (χ4v) is 5.52. The largest absolute Gasteiger partial charge is 0.591 e. The number of fused-ring (bicyclic) bond motifs is 3. The molecular formula is C26H28FN3OS. The summed E-state index contributed by atoms with van der Waals surface area (Å²) in [5.41, 5.74) is 6.74. The Labute approximate surface area is 191 Å². The second-order valence-electron chi connectivity index (χ2n) is 9.88. The first kappa shape index (κ1) is 21.4. The molecule has 2 bridgehead atoms. The number of rotatable bonds is 3. The van der Waals surface area contributed by atoms with Crippen LogP contribution in [0.4, 0.5) is 4.39 Å². The van der Waals surface area contributed by atoms with Crippen LogP contribution in [-0.2, 0) is 24.2 Å². The van der Waals surface area contributed by atoms with Crippen molar-refractivity contribution in [2.75, 3.05) is 0 Å². The maximum Gasteiger partial charge on any atom is 0.144 e. The average Bonchev–Trinajstić information content (AvgIpc) is 3.33. The van der Waals surface area contributed by atoms with Crippen molar-refractivity contribution in [2.24, 2.45) is 16.2 Å². The summed E-state index contributed by atoms with van der Waals surface area (Å²) in [6, 6.07) is 13.0. The fraction of sp³-hybridized carbons (Fsp3) is 0.385. The summed E-state index contributed by atoms with van der Waals surface area (Å²) in [4.78, 5) is 4.59. The van der Waals surface area contributed by atoms with Gasteiger partial charge < -0.3 is 9.12 Å². The maximum absolute atomic E-state index is 13.2. The molecule has 4 nitrogen and oxygen atoms in total. The Morgan fingerprint density at radius 3 is 2.41 bits per heavy atom. The second kappa shape index (κ2) is 8.16. The molecule has 5 rings (SSSR count). The topological polar surface area (TPSA) is 53.2 Å². The van der Waals surface area contributed by atoms with Gasteiger partial charge in [0.25, 0.3) is 0 Å². The molecule has 1 heterocycles. The minimum atomic E-state index is -1.21. The van der Waals surface area contributed by atoms with Gasteiger partial charge in [0.1, 0.15) is 21.9 Å². The third kappa shape index (κ3) is 4.14.